The molecule has 7 heteroatoms. The van der Waals surface area contributed by atoms with E-state index in [0.717, 1.165) is 22.3 Å². The molecule has 0 fully saturated rings. The number of hydrogen-bond donors (Lipinski definition) is 2. The SMILES string of the molecule is CC(C)(CC(=O)N(CCC(=O)O)C(C)(C)C)NC(=O)OCC1c2ccccc2-c2ccccc21. The molecule has 0 radical (unpaired) electrons. The minimum atomic E-state index is -0.960. The number of carbonyl (C=O) groups excluding carboxylic acids is 2. The van der Waals surface area contributed by atoms with E-state index in [1.807, 2.05) is 45.0 Å². The number of rotatable bonds is 8. The lowest BCUT2D eigenvalue weighted by Gasteiger charge is -2.38. The van der Waals surface area contributed by atoms with Crippen molar-refractivity contribution in [2.24, 2.45) is 0 Å². The lowest BCUT2D eigenvalue weighted by atomic mass is 9.97. The van der Waals surface area contributed by atoms with Crippen LogP contribution in [0, 0.1) is 0 Å². The largest absolute Gasteiger partial charge is 0.481 e. The molecule has 3 rings (SSSR count). The smallest absolute Gasteiger partial charge is 0.407 e. The molecule has 1 aliphatic rings. The maximum atomic E-state index is 13.0. The number of aliphatic carboxylic acids is 1. The lowest BCUT2D eigenvalue weighted by molar-refractivity contribution is -0.141. The van der Waals surface area contributed by atoms with Crippen LogP contribution in [0.5, 0.6) is 0 Å². The van der Waals surface area contributed by atoms with Gasteiger partial charge in [0.2, 0.25) is 5.91 Å². The van der Waals surface area contributed by atoms with Gasteiger partial charge in [-0.3, -0.25) is 9.59 Å². The van der Waals surface area contributed by atoms with Gasteiger partial charge in [-0.05, 0) is 56.9 Å². The zero-order valence-electron chi connectivity index (χ0n) is 20.6. The van der Waals surface area contributed by atoms with Crippen LogP contribution in [0.3, 0.4) is 0 Å². The first kappa shape index (κ1) is 25.3. The van der Waals surface area contributed by atoms with Crippen molar-refractivity contribution in [1.82, 2.24) is 10.2 Å². The van der Waals surface area contributed by atoms with Crippen molar-refractivity contribution in [2.75, 3.05) is 13.2 Å². The topological polar surface area (TPSA) is 95.9 Å². The Morgan fingerprint density at radius 1 is 0.941 bits per heavy atom. The van der Waals surface area contributed by atoms with Crippen LogP contribution in [0.2, 0.25) is 0 Å². The summed E-state index contributed by atoms with van der Waals surface area (Å²) in [5, 5.41) is 11.8. The summed E-state index contributed by atoms with van der Waals surface area (Å²) in [6, 6.07) is 16.2. The molecular formula is C27H34N2O5. The molecule has 0 atom stereocenters. The standard InChI is InChI=1S/C27H34N2O5/c1-26(2,3)29(15-14-24(31)32)23(30)16-27(4,5)28-25(33)34-17-22-20-12-8-6-10-18(20)19-11-7-9-13-21(19)22/h6-13,22H,14-17H2,1-5H3,(H,28,33)(H,31,32). The molecule has 0 bridgehead atoms. The summed E-state index contributed by atoms with van der Waals surface area (Å²) in [7, 11) is 0. The van der Waals surface area contributed by atoms with Gasteiger partial charge in [0.05, 0.1) is 6.42 Å². The van der Waals surface area contributed by atoms with Gasteiger partial charge in [0.15, 0.2) is 0 Å². The minimum absolute atomic E-state index is 0.0219. The van der Waals surface area contributed by atoms with Crippen molar-refractivity contribution in [3.8, 4) is 11.1 Å². The number of nitrogens with zero attached hydrogens (tertiary/aromatic N) is 1. The quantitative estimate of drug-likeness (QED) is 0.583. The van der Waals surface area contributed by atoms with Crippen LogP contribution < -0.4 is 5.32 Å². The number of hydrogen-bond acceptors (Lipinski definition) is 4. The van der Waals surface area contributed by atoms with Gasteiger partial charge < -0.3 is 20.1 Å². The number of carbonyl (C=O) groups is 3. The molecule has 1 aliphatic carbocycles. The van der Waals surface area contributed by atoms with E-state index in [-0.39, 0.29) is 37.8 Å². The highest BCUT2D eigenvalue weighted by atomic mass is 16.5. The van der Waals surface area contributed by atoms with Gasteiger partial charge in [0, 0.05) is 30.0 Å². The number of benzene rings is 2. The normalized spacial score (nSPS) is 13.1. The van der Waals surface area contributed by atoms with Crippen molar-refractivity contribution in [3.05, 3.63) is 59.7 Å². The van der Waals surface area contributed by atoms with Gasteiger partial charge in [-0.1, -0.05) is 48.5 Å². The second-order valence-electron chi connectivity index (χ2n) is 10.4. The van der Waals surface area contributed by atoms with E-state index in [0.29, 0.717) is 0 Å². The molecule has 2 amide bonds. The molecule has 0 aromatic heterocycles. The first-order valence-electron chi connectivity index (χ1n) is 11.5. The Labute approximate surface area is 201 Å². The molecule has 2 aromatic carbocycles. The van der Waals surface area contributed by atoms with E-state index in [1.165, 1.54) is 0 Å². The van der Waals surface area contributed by atoms with Crippen molar-refractivity contribution < 1.29 is 24.2 Å². The number of ether oxygens (including phenoxy) is 1. The van der Waals surface area contributed by atoms with E-state index < -0.39 is 23.1 Å². The summed E-state index contributed by atoms with van der Waals surface area (Å²) in [5.74, 6) is -1.23. The van der Waals surface area contributed by atoms with Crippen molar-refractivity contribution in [1.29, 1.82) is 0 Å². The van der Waals surface area contributed by atoms with Gasteiger partial charge in [-0.15, -0.1) is 0 Å². The fourth-order valence-electron chi connectivity index (χ4n) is 4.47. The molecule has 0 heterocycles. The minimum Gasteiger partial charge on any atom is -0.481 e. The molecular weight excluding hydrogens is 432 g/mol. The van der Waals surface area contributed by atoms with E-state index in [1.54, 1.807) is 18.7 Å². The van der Waals surface area contributed by atoms with Crippen LogP contribution in [0.4, 0.5) is 4.79 Å². The van der Waals surface area contributed by atoms with E-state index >= 15 is 0 Å². The summed E-state index contributed by atoms with van der Waals surface area (Å²) in [6.45, 7) is 9.39. The fourth-order valence-corrected chi connectivity index (χ4v) is 4.47. The summed E-state index contributed by atoms with van der Waals surface area (Å²) in [6.07, 6.45) is -0.704. The van der Waals surface area contributed by atoms with Crippen LogP contribution >= 0.6 is 0 Å². The van der Waals surface area contributed by atoms with Crippen LogP contribution in [-0.4, -0.2) is 52.2 Å². The molecule has 2 N–H and O–H groups in total. The zero-order valence-corrected chi connectivity index (χ0v) is 20.6. The zero-order chi connectivity index (χ0) is 25.1. The number of nitrogens with one attached hydrogen (secondary N) is 1. The molecule has 0 saturated carbocycles. The Bertz CT molecular complexity index is 1030. The molecule has 0 unspecified atom stereocenters. The van der Waals surface area contributed by atoms with E-state index in [4.69, 9.17) is 9.84 Å². The van der Waals surface area contributed by atoms with Gasteiger partial charge in [0.25, 0.3) is 0 Å². The van der Waals surface area contributed by atoms with Gasteiger partial charge in [-0.25, -0.2) is 4.79 Å². The van der Waals surface area contributed by atoms with Crippen LogP contribution in [-0.2, 0) is 14.3 Å². The number of alkyl carbamates (subject to hydrolysis) is 1. The third kappa shape index (κ3) is 5.95. The predicted octanol–water partition coefficient (Wildman–Crippen LogP) is 4.80. The van der Waals surface area contributed by atoms with Crippen molar-refractivity contribution >= 4 is 18.0 Å². The molecule has 0 saturated heterocycles. The summed E-state index contributed by atoms with van der Waals surface area (Å²) in [5.41, 5.74) is 3.16. The molecule has 182 valence electrons. The number of amides is 2. The molecule has 34 heavy (non-hydrogen) atoms. The Hall–Kier alpha value is -3.35. The lowest BCUT2D eigenvalue weighted by Crippen LogP contribution is -2.52. The molecule has 0 aliphatic heterocycles. The summed E-state index contributed by atoms with van der Waals surface area (Å²) >= 11 is 0. The first-order chi connectivity index (χ1) is 15.9. The Balaban J connectivity index is 1.62. The number of carboxylic acids is 1. The van der Waals surface area contributed by atoms with Crippen LogP contribution in [0.1, 0.15) is 64.5 Å². The maximum Gasteiger partial charge on any atom is 0.407 e. The van der Waals surface area contributed by atoms with Crippen molar-refractivity contribution in [2.45, 2.75) is 64.5 Å². The number of carboxylic acid groups (broad SMARTS) is 1. The highest BCUT2D eigenvalue weighted by Crippen LogP contribution is 2.44. The monoisotopic (exact) mass is 466 g/mol. The maximum absolute atomic E-state index is 13.0. The van der Waals surface area contributed by atoms with E-state index in [9.17, 15) is 14.4 Å². The average molecular weight is 467 g/mol. The van der Waals surface area contributed by atoms with Crippen LogP contribution in [0.25, 0.3) is 11.1 Å². The third-order valence-electron chi connectivity index (χ3n) is 6.04. The second kappa shape index (κ2) is 9.87. The summed E-state index contributed by atoms with van der Waals surface area (Å²) in [4.78, 5) is 38.2. The van der Waals surface area contributed by atoms with E-state index in [2.05, 4.69) is 29.6 Å². The highest BCUT2D eigenvalue weighted by molar-refractivity contribution is 5.81. The molecule has 0 spiro atoms. The van der Waals surface area contributed by atoms with Gasteiger partial charge in [-0.2, -0.15) is 0 Å². The Morgan fingerprint density at radius 2 is 1.47 bits per heavy atom. The predicted molar refractivity (Wildman–Crippen MR) is 131 cm³/mol. The molecule has 7 nitrogen and oxygen atoms in total. The third-order valence-corrected chi connectivity index (χ3v) is 6.04. The molecule has 2 aromatic rings. The average Bonchev–Trinajstić information content (AvgIpc) is 3.04. The van der Waals surface area contributed by atoms with Gasteiger partial charge >= 0.3 is 12.1 Å². The van der Waals surface area contributed by atoms with Crippen LogP contribution in [0.15, 0.2) is 48.5 Å². The highest BCUT2D eigenvalue weighted by Gasteiger charge is 2.33. The van der Waals surface area contributed by atoms with Crippen molar-refractivity contribution in [3.63, 3.8) is 0 Å². The summed E-state index contributed by atoms with van der Waals surface area (Å²) < 4.78 is 5.61. The first-order valence-corrected chi connectivity index (χ1v) is 11.5. The fraction of sp³-hybridized carbons (Fsp3) is 0.444. The Morgan fingerprint density at radius 3 is 1.97 bits per heavy atom. The Kier molecular flexibility index (Phi) is 7.34. The second-order valence-corrected chi connectivity index (χ2v) is 10.4. The van der Waals surface area contributed by atoms with Gasteiger partial charge in [0.1, 0.15) is 6.61 Å². The number of fused-ring (bicyclic) bond motifs is 3.